The first-order chi connectivity index (χ1) is 12.2. The normalized spacial score (nSPS) is 18.5. The number of aromatic nitrogens is 2. The Morgan fingerprint density at radius 2 is 1.72 bits per heavy atom. The lowest BCUT2D eigenvalue weighted by molar-refractivity contribution is 0.151. The van der Waals surface area contributed by atoms with E-state index >= 15 is 0 Å². The van der Waals surface area contributed by atoms with Gasteiger partial charge in [0.2, 0.25) is 0 Å². The van der Waals surface area contributed by atoms with Crippen LogP contribution in [0.3, 0.4) is 0 Å². The van der Waals surface area contributed by atoms with Crippen LogP contribution < -0.4 is 5.32 Å². The topological polar surface area (TPSA) is 41.1 Å². The molecule has 0 bridgehead atoms. The summed E-state index contributed by atoms with van der Waals surface area (Å²) in [6, 6.07) is 7.14. The van der Waals surface area contributed by atoms with E-state index in [-0.39, 0.29) is 5.56 Å². The average molecular weight is 346 g/mol. The maximum Gasteiger partial charge on any atom is 0.263 e. The summed E-state index contributed by atoms with van der Waals surface area (Å²) in [5, 5.41) is 3.45. The molecule has 0 aliphatic carbocycles. The van der Waals surface area contributed by atoms with Gasteiger partial charge in [0.1, 0.15) is 6.33 Å². The molecule has 25 heavy (non-hydrogen) atoms. The molecule has 0 amide bonds. The Labute approximate surface area is 147 Å². The van der Waals surface area contributed by atoms with Gasteiger partial charge in [0.05, 0.1) is 0 Å². The van der Waals surface area contributed by atoms with Crippen LogP contribution in [0.4, 0.5) is 8.78 Å². The van der Waals surface area contributed by atoms with E-state index < -0.39 is 6.43 Å². The quantitative estimate of drug-likeness (QED) is 0.868. The Kier molecular flexibility index (Phi) is 6.42. The molecule has 1 aromatic heterocycles. The lowest BCUT2D eigenvalue weighted by Gasteiger charge is -2.31. The first-order valence-electron chi connectivity index (χ1n) is 8.78. The van der Waals surface area contributed by atoms with Gasteiger partial charge < -0.3 is 5.32 Å². The van der Waals surface area contributed by atoms with E-state index in [4.69, 9.17) is 0 Å². The third-order valence-corrected chi connectivity index (χ3v) is 4.68. The summed E-state index contributed by atoms with van der Waals surface area (Å²) < 4.78 is 25.5. The molecule has 1 aromatic carbocycles. The molecule has 2 aromatic rings. The van der Waals surface area contributed by atoms with Crippen LogP contribution in [0.15, 0.2) is 43.0 Å². The Balaban J connectivity index is 1.74. The smallest absolute Gasteiger partial charge is 0.263 e. The summed E-state index contributed by atoms with van der Waals surface area (Å²) in [6.45, 7) is 3.57. The van der Waals surface area contributed by atoms with Gasteiger partial charge in [-0.15, -0.1) is 0 Å². The molecule has 1 unspecified atom stereocenters. The van der Waals surface area contributed by atoms with Crippen molar-refractivity contribution in [2.45, 2.75) is 44.8 Å². The Morgan fingerprint density at radius 1 is 1.00 bits per heavy atom. The van der Waals surface area contributed by atoms with Crippen molar-refractivity contribution in [2.75, 3.05) is 13.1 Å². The van der Waals surface area contributed by atoms with Crippen molar-refractivity contribution in [3.05, 3.63) is 59.7 Å². The SMILES string of the molecule is FC(F)c1ccc(CN(Cc2cncnc2)C2CCCNCC2)cc1. The molecular formula is C19H24F2N4. The summed E-state index contributed by atoms with van der Waals surface area (Å²) in [5.74, 6) is 0. The Morgan fingerprint density at radius 3 is 2.44 bits per heavy atom. The first kappa shape index (κ1) is 17.9. The highest BCUT2D eigenvalue weighted by atomic mass is 19.3. The summed E-state index contributed by atoms with van der Waals surface area (Å²) in [5.41, 5.74) is 2.20. The molecule has 0 spiro atoms. The highest BCUT2D eigenvalue weighted by Gasteiger charge is 2.21. The van der Waals surface area contributed by atoms with E-state index in [1.165, 1.54) is 18.5 Å². The number of nitrogens with one attached hydrogen (secondary N) is 1. The summed E-state index contributed by atoms with van der Waals surface area (Å²) in [4.78, 5) is 10.6. The monoisotopic (exact) mass is 346 g/mol. The number of hydrogen-bond acceptors (Lipinski definition) is 4. The molecule has 1 fully saturated rings. The zero-order chi connectivity index (χ0) is 17.5. The summed E-state index contributed by atoms with van der Waals surface area (Å²) in [6.07, 6.45) is 6.17. The van der Waals surface area contributed by atoms with E-state index in [9.17, 15) is 8.78 Å². The minimum atomic E-state index is -2.42. The van der Waals surface area contributed by atoms with Crippen molar-refractivity contribution in [3.8, 4) is 0 Å². The molecule has 1 N–H and O–H groups in total. The van der Waals surface area contributed by atoms with Crippen LogP contribution in [-0.4, -0.2) is 34.0 Å². The molecule has 2 heterocycles. The fourth-order valence-corrected chi connectivity index (χ4v) is 3.33. The second-order valence-corrected chi connectivity index (χ2v) is 6.53. The van der Waals surface area contributed by atoms with Crippen LogP contribution in [0.5, 0.6) is 0 Å². The summed E-state index contributed by atoms with van der Waals surface area (Å²) in [7, 11) is 0. The number of benzene rings is 1. The van der Waals surface area contributed by atoms with E-state index in [2.05, 4.69) is 20.2 Å². The average Bonchev–Trinajstić information content (AvgIpc) is 2.92. The molecule has 1 saturated heterocycles. The molecule has 134 valence electrons. The van der Waals surface area contributed by atoms with Crippen LogP contribution in [0.2, 0.25) is 0 Å². The third kappa shape index (κ3) is 5.28. The predicted octanol–water partition coefficient (Wildman–Crippen LogP) is 3.56. The molecule has 6 heteroatoms. The summed E-state index contributed by atoms with van der Waals surface area (Å²) >= 11 is 0. The number of nitrogens with zero attached hydrogens (tertiary/aromatic N) is 3. The highest BCUT2D eigenvalue weighted by Crippen LogP contribution is 2.22. The van der Waals surface area contributed by atoms with Crippen molar-refractivity contribution in [1.29, 1.82) is 0 Å². The number of hydrogen-bond donors (Lipinski definition) is 1. The zero-order valence-electron chi connectivity index (χ0n) is 14.2. The van der Waals surface area contributed by atoms with E-state index in [1.54, 1.807) is 0 Å². The standard InChI is InChI=1S/C19H24F2N4/c20-19(21)17-5-3-15(4-6-17)12-25(13-16-10-23-14-24-11-16)18-2-1-8-22-9-7-18/h3-6,10-11,14,18-19,22H,1-2,7-9,12-13H2. The maximum atomic E-state index is 12.8. The lowest BCUT2D eigenvalue weighted by Crippen LogP contribution is -2.35. The Hall–Kier alpha value is -1.92. The van der Waals surface area contributed by atoms with Crippen LogP contribution in [-0.2, 0) is 13.1 Å². The minimum Gasteiger partial charge on any atom is -0.317 e. The van der Waals surface area contributed by atoms with Crippen molar-refractivity contribution in [3.63, 3.8) is 0 Å². The van der Waals surface area contributed by atoms with Crippen molar-refractivity contribution >= 4 is 0 Å². The fourth-order valence-electron chi connectivity index (χ4n) is 3.33. The number of rotatable bonds is 6. The second-order valence-electron chi connectivity index (χ2n) is 6.53. The van der Waals surface area contributed by atoms with Crippen molar-refractivity contribution in [1.82, 2.24) is 20.2 Å². The van der Waals surface area contributed by atoms with Crippen LogP contribution in [0.25, 0.3) is 0 Å². The van der Waals surface area contributed by atoms with Crippen molar-refractivity contribution < 1.29 is 8.78 Å². The molecule has 1 aliphatic rings. The highest BCUT2D eigenvalue weighted by molar-refractivity contribution is 5.23. The van der Waals surface area contributed by atoms with Gasteiger partial charge in [-0.2, -0.15) is 0 Å². The van der Waals surface area contributed by atoms with Crippen LogP contribution in [0.1, 0.15) is 42.4 Å². The van der Waals surface area contributed by atoms with E-state index in [1.807, 2.05) is 24.5 Å². The molecular weight excluding hydrogens is 322 g/mol. The molecule has 4 nitrogen and oxygen atoms in total. The minimum absolute atomic E-state index is 0.0745. The number of alkyl halides is 2. The maximum absolute atomic E-state index is 12.8. The molecule has 3 rings (SSSR count). The molecule has 1 aliphatic heterocycles. The molecule has 0 saturated carbocycles. The Bertz CT molecular complexity index is 626. The van der Waals surface area contributed by atoms with Gasteiger partial charge in [-0.05, 0) is 37.9 Å². The second kappa shape index (κ2) is 8.97. The van der Waals surface area contributed by atoms with Crippen LogP contribution >= 0.6 is 0 Å². The lowest BCUT2D eigenvalue weighted by atomic mass is 10.0. The van der Waals surface area contributed by atoms with E-state index in [0.29, 0.717) is 6.04 Å². The number of halogens is 2. The van der Waals surface area contributed by atoms with E-state index in [0.717, 1.165) is 56.6 Å². The predicted molar refractivity (Wildman–Crippen MR) is 93.2 cm³/mol. The van der Waals surface area contributed by atoms with Gasteiger partial charge >= 0.3 is 0 Å². The fraction of sp³-hybridized carbons (Fsp3) is 0.474. The van der Waals surface area contributed by atoms with Gasteiger partial charge in [-0.1, -0.05) is 24.3 Å². The molecule has 0 radical (unpaired) electrons. The van der Waals surface area contributed by atoms with Gasteiger partial charge in [-0.3, -0.25) is 4.90 Å². The van der Waals surface area contributed by atoms with Gasteiger partial charge in [0.25, 0.3) is 6.43 Å². The zero-order valence-corrected chi connectivity index (χ0v) is 14.2. The third-order valence-electron chi connectivity index (χ3n) is 4.68. The van der Waals surface area contributed by atoms with Gasteiger partial charge in [-0.25, -0.2) is 18.7 Å². The van der Waals surface area contributed by atoms with Gasteiger partial charge in [0, 0.05) is 42.7 Å². The first-order valence-corrected chi connectivity index (χ1v) is 8.78. The molecule has 1 atom stereocenters. The largest absolute Gasteiger partial charge is 0.317 e. The van der Waals surface area contributed by atoms with Crippen LogP contribution in [0, 0.1) is 0 Å². The van der Waals surface area contributed by atoms with Gasteiger partial charge in [0.15, 0.2) is 0 Å². The van der Waals surface area contributed by atoms with Crippen molar-refractivity contribution in [2.24, 2.45) is 0 Å².